The minimum Gasteiger partial charge on any atom is -0.330 e. The van der Waals surface area contributed by atoms with Crippen LogP contribution in [-0.4, -0.2) is 30.6 Å². The van der Waals surface area contributed by atoms with E-state index in [1.54, 1.807) is 0 Å². The van der Waals surface area contributed by atoms with Gasteiger partial charge in [-0.1, -0.05) is 13.8 Å². The van der Waals surface area contributed by atoms with E-state index in [1.807, 2.05) is 0 Å². The van der Waals surface area contributed by atoms with Crippen LogP contribution in [0.15, 0.2) is 0 Å². The first-order valence-corrected chi connectivity index (χ1v) is 7.14. The molecule has 0 amide bonds. The number of nitrogens with two attached hydrogens (primary N) is 1. The average Bonchev–Trinajstić information content (AvgIpc) is 2.18. The SMILES string of the molecule is CC(C)C1CC(N2CCC(CCN)CC2)C1. The monoisotopic (exact) mass is 224 g/mol. The van der Waals surface area contributed by atoms with E-state index in [9.17, 15) is 0 Å². The third kappa shape index (κ3) is 2.78. The van der Waals surface area contributed by atoms with Crippen LogP contribution in [0.3, 0.4) is 0 Å². The lowest BCUT2D eigenvalue weighted by atomic mass is 9.72. The number of likely N-dealkylation sites (tertiary alicyclic amines) is 1. The van der Waals surface area contributed by atoms with Gasteiger partial charge in [0.1, 0.15) is 0 Å². The van der Waals surface area contributed by atoms with Crippen LogP contribution in [0.2, 0.25) is 0 Å². The number of rotatable bonds is 4. The molecule has 0 aromatic carbocycles. The number of hydrogen-bond acceptors (Lipinski definition) is 2. The summed E-state index contributed by atoms with van der Waals surface area (Å²) < 4.78 is 0. The molecule has 1 saturated carbocycles. The highest BCUT2D eigenvalue weighted by Crippen LogP contribution is 2.38. The first-order valence-electron chi connectivity index (χ1n) is 7.14. The fourth-order valence-electron chi connectivity index (χ4n) is 3.31. The van der Waals surface area contributed by atoms with Crippen molar-refractivity contribution in [2.45, 2.75) is 52.0 Å². The van der Waals surface area contributed by atoms with Gasteiger partial charge in [-0.05, 0) is 69.5 Å². The Morgan fingerprint density at radius 2 is 1.81 bits per heavy atom. The van der Waals surface area contributed by atoms with E-state index in [4.69, 9.17) is 5.73 Å². The van der Waals surface area contributed by atoms with Crippen LogP contribution >= 0.6 is 0 Å². The van der Waals surface area contributed by atoms with E-state index >= 15 is 0 Å². The molecule has 0 bridgehead atoms. The molecule has 0 unspecified atom stereocenters. The summed E-state index contributed by atoms with van der Waals surface area (Å²) >= 11 is 0. The van der Waals surface area contributed by atoms with Crippen LogP contribution in [-0.2, 0) is 0 Å². The molecule has 1 saturated heterocycles. The minimum absolute atomic E-state index is 0.878. The normalized spacial score (nSPS) is 33.0. The largest absolute Gasteiger partial charge is 0.330 e. The summed E-state index contributed by atoms with van der Waals surface area (Å²) in [6.07, 6.45) is 6.94. The Morgan fingerprint density at radius 1 is 1.19 bits per heavy atom. The molecule has 2 heteroatoms. The summed E-state index contributed by atoms with van der Waals surface area (Å²) in [6, 6.07) is 0.922. The first kappa shape index (κ1) is 12.4. The highest BCUT2D eigenvalue weighted by atomic mass is 15.2. The van der Waals surface area contributed by atoms with Gasteiger partial charge in [-0.15, -0.1) is 0 Å². The highest BCUT2D eigenvalue weighted by Gasteiger charge is 2.36. The van der Waals surface area contributed by atoms with E-state index in [1.165, 1.54) is 45.2 Å². The van der Waals surface area contributed by atoms with Gasteiger partial charge >= 0.3 is 0 Å². The Morgan fingerprint density at radius 3 is 2.31 bits per heavy atom. The quantitative estimate of drug-likeness (QED) is 0.795. The highest BCUT2D eigenvalue weighted by molar-refractivity contribution is 4.90. The molecule has 0 atom stereocenters. The zero-order chi connectivity index (χ0) is 11.5. The van der Waals surface area contributed by atoms with Gasteiger partial charge in [0.05, 0.1) is 0 Å². The molecule has 0 radical (unpaired) electrons. The molecule has 2 aliphatic rings. The molecule has 1 aliphatic carbocycles. The first-order chi connectivity index (χ1) is 7.70. The van der Waals surface area contributed by atoms with E-state index in [-0.39, 0.29) is 0 Å². The minimum atomic E-state index is 0.878. The molecule has 2 fully saturated rings. The Balaban J connectivity index is 1.67. The van der Waals surface area contributed by atoms with Crippen LogP contribution in [0.4, 0.5) is 0 Å². The number of nitrogens with zero attached hydrogens (tertiary/aromatic N) is 1. The smallest absolute Gasteiger partial charge is 0.0101 e. The second-order valence-corrected chi connectivity index (χ2v) is 6.19. The van der Waals surface area contributed by atoms with Crippen molar-refractivity contribution < 1.29 is 0 Å². The molecule has 94 valence electrons. The van der Waals surface area contributed by atoms with Gasteiger partial charge in [0.25, 0.3) is 0 Å². The van der Waals surface area contributed by atoms with Gasteiger partial charge in [0.15, 0.2) is 0 Å². The van der Waals surface area contributed by atoms with Gasteiger partial charge in [-0.2, -0.15) is 0 Å². The van der Waals surface area contributed by atoms with Crippen LogP contribution in [0, 0.1) is 17.8 Å². The van der Waals surface area contributed by atoms with Crippen LogP contribution < -0.4 is 5.73 Å². The lowest BCUT2D eigenvalue weighted by Crippen LogP contribution is -2.49. The molecule has 0 aromatic rings. The number of hydrogen-bond donors (Lipinski definition) is 1. The second-order valence-electron chi connectivity index (χ2n) is 6.19. The molecule has 16 heavy (non-hydrogen) atoms. The molecule has 1 heterocycles. The maximum Gasteiger partial charge on any atom is 0.0101 e. The van der Waals surface area contributed by atoms with Crippen LogP contribution in [0.1, 0.15) is 46.0 Å². The van der Waals surface area contributed by atoms with E-state index in [2.05, 4.69) is 18.7 Å². The molecule has 1 aliphatic heterocycles. The Hall–Kier alpha value is -0.0800. The van der Waals surface area contributed by atoms with Gasteiger partial charge in [-0.3, -0.25) is 0 Å². The zero-order valence-corrected chi connectivity index (χ0v) is 11.0. The Labute approximate surface area is 101 Å². The molecule has 0 spiro atoms. The standard InChI is InChI=1S/C14H28N2/c1-11(2)13-9-14(10-13)16-7-4-12(3-6-15)5-8-16/h11-14H,3-10,15H2,1-2H3. The van der Waals surface area contributed by atoms with Crippen molar-refractivity contribution in [1.82, 2.24) is 4.90 Å². The van der Waals surface area contributed by atoms with Crippen molar-refractivity contribution in [3.8, 4) is 0 Å². The summed E-state index contributed by atoms with van der Waals surface area (Å²) in [6.45, 7) is 8.28. The molecule has 2 rings (SSSR count). The fourth-order valence-corrected chi connectivity index (χ4v) is 3.31. The van der Waals surface area contributed by atoms with E-state index in [0.717, 1.165) is 30.3 Å². The summed E-state index contributed by atoms with van der Waals surface area (Å²) in [7, 11) is 0. The fraction of sp³-hybridized carbons (Fsp3) is 1.00. The maximum absolute atomic E-state index is 5.63. The van der Waals surface area contributed by atoms with Crippen molar-refractivity contribution in [1.29, 1.82) is 0 Å². The van der Waals surface area contributed by atoms with Gasteiger partial charge in [0.2, 0.25) is 0 Å². The molecular formula is C14H28N2. The van der Waals surface area contributed by atoms with Crippen molar-refractivity contribution in [3.63, 3.8) is 0 Å². The predicted molar refractivity (Wildman–Crippen MR) is 69.3 cm³/mol. The Bertz CT molecular complexity index is 201. The molecule has 2 N–H and O–H groups in total. The third-order valence-electron chi connectivity index (χ3n) is 4.83. The van der Waals surface area contributed by atoms with Crippen LogP contribution in [0.5, 0.6) is 0 Å². The van der Waals surface area contributed by atoms with Crippen LogP contribution in [0.25, 0.3) is 0 Å². The van der Waals surface area contributed by atoms with Crippen molar-refractivity contribution in [2.24, 2.45) is 23.5 Å². The zero-order valence-electron chi connectivity index (χ0n) is 11.0. The predicted octanol–water partition coefficient (Wildman–Crippen LogP) is 2.48. The van der Waals surface area contributed by atoms with E-state index in [0.29, 0.717) is 0 Å². The van der Waals surface area contributed by atoms with E-state index < -0.39 is 0 Å². The van der Waals surface area contributed by atoms with Crippen molar-refractivity contribution in [3.05, 3.63) is 0 Å². The van der Waals surface area contributed by atoms with Gasteiger partial charge < -0.3 is 10.6 Å². The number of piperidine rings is 1. The second kappa shape index (κ2) is 5.50. The summed E-state index contributed by atoms with van der Waals surface area (Å²) in [4.78, 5) is 2.74. The van der Waals surface area contributed by atoms with Crippen molar-refractivity contribution >= 4 is 0 Å². The maximum atomic E-state index is 5.63. The Kier molecular flexibility index (Phi) is 4.26. The summed E-state index contributed by atoms with van der Waals surface area (Å²) in [5.41, 5.74) is 5.63. The van der Waals surface area contributed by atoms with Crippen molar-refractivity contribution in [2.75, 3.05) is 19.6 Å². The topological polar surface area (TPSA) is 29.3 Å². The molecule has 0 aromatic heterocycles. The van der Waals surface area contributed by atoms with Gasteiger partial charge in [0, 0.05) is 6.04 Å². The summed E-state index contributed by atoms with van der Waals surface area (Å²) in [5, 5.41) is 0. The summed E-state index contributed by atoms with van der Waals surface area (Å²) in [5.74, 6) is 2.82. The third-order valence-corrected chi connectivity index (χ3v) is 4.83. The lowest BCUT2D eigenvalue weighted by molar-refractivity contribution is 0.0308. The lowest BCUT2D eigenvalue weighted by Gasteiger charge is -2.47. The van der Waals surface area contributed by atoms with Gasteiger partial charge in [-0.25, -0.2) is 0 Å². The molecular weight excluding hydrogens is 196 g/mol. The molecule has 2 nitrogen and oxygen atoms in total. The average molecular weight is 224 g/mol.